The summed E-state index contributed by atoms with van der Waals surface area (Å²) in [5.41, 5.74) is 3.52. The van der Waals surface area contributed by atoms with Crippen molar-refractivity contribution < 1.29 is 4.79 Å². The molecule has 0 fully saturated rings. The van der Waals surface area contributed by atoms with Gasteiger partial charge in [-0.05, 0) is 29.7 Å². The van der Waals surface area contributed by atoms with E-state index in [4.69, 9.17) is 0 Å². The molecular formula is C15H12OS. The van der Waals surface area contributed by atoms with Gasteiger partial charge in [0, 0.05) is 9.79 Å². The highest BCUT2D eigenvalue weighted by Gasteiger charge is 2.26. The largest absolute Gasteiger partial charge is 0.302 e. The summed E-state index contributed by atoms with van der Waals surface area (Å²) in [6, 6.07) is 14.3. The van der Waals surface area contributed by atoms with Crippen molar-refractivity contribution in [3.63, 3.8) is 0 Å². The standard InChI is InChI=1S/C15H12OS/c1-10-5-4-7-12-13(9-16)11-6-2-3-8-14(11)17-15(10)12/h2-9,13H,1H3. The van der Waals surface area contributed by atoms with E-state index in [-0.39, 0.29) is 5.92 Å². The summed E-state index contributed by atoms with van der Waals surface area (Å²) in [6.45, 7) is 2.10. The van der Waals surface area contributed by atoms with Gasteiger partial charge in [-0.25, -0.2) is 0 Å². The number of hydrogen-bond donors (Lipinski definition) is 0. The lowest BCUT2D eigenvalue weighted by Gasteiger charge is -2.25. The first-order valence-corrected chi connectivity index (χ1v) is 6.44. The fraction of sp³-hybridized carbons (Fsp3) is 0.133. The van der Waals surface area contributed by atoms with Gasteiger partial charge in [0.05, 0.1) is 5.92 Å². The molecule has 1 nitrogen and oxygen atoms in total. The number of fused-ring (bicyclic) bond motifs is 2. The van der Waals surface area contributed by atoms with Crippen LogP contribution in [0.2, 0.25) is 0 Å². The van der Waals surface area contributed by atoms with Crippen molar-refractivity contribution in [1.29, 1.82) is 0 Å². The average Bonchev–Trinajstić information content (AvgIpc) is 2.37. The number of aryl methyl sites for hydroxylation is 1. The molecule has 17 heavy (non-hydrogen) atoms. The van der Waals surface area contributed by atoms with Crippen molar-refractivity contribution in [3.05, 3.63) is 59.2 Å². The van der Waals surface area contributed by atoms with Crippen LogP contribution in [0.1, 0.15) is 22.6 Å². The molecule has 0 radical (unpaired) electrons. The third-order valence-corrected chi connectivity index (χ3v) is 4.53. The maximum atomic E-state index is 11.4. The van der Waals surface area contributed by atoms with E-state index in [1.807, 2.05) is 24.3 Å². The number of carbonyl (C=O) groups excluding carboxylic acids is 1. The Morgan fingerprint density at radius 2 is 1.82 bits per heavy atom. The molecule has 1 aliphatic heterocycles. The van der Waals surface area contributed by atoms with Gasteiger partial charge in [-0.3, -0.25) is 0 Å². The van der Waals surface area contributed by atoms with Crippen LogP contribution in [0.3, 0.4) is 0 Å². The van der Waals surface area contributed by atoms with Crippen LogP contribution in [0, 0.1) is 6.92 Å². The number of carbonyl (C=O) groups is 1. The van der Waals surface area contributed by atoms with Crippen LogP contribution in [0.25, 0.3) is 0 Å². The monoisotopic (exact) mass is 240 g/mol. The third-order valence-electron chi connectivity index (χ3n) is 3.18. The fourth-order valence-electron chi connectivity index (χ4n) is 2.31. The maximum absolute atomic E-state index is 11.4. The van der Waals surface area contributed by atoms with Gasteiger partial charge in [-0.2, -0.15) is 0 Å². The second kappa shape index (κ2) is 4.04. The highest BCUT2D eigenvalue weighted by atomic mass is 32.2. The number of hydrogen-bond acceptors (Lipinski definition) is 2. The number of benzene rings is 2. The Labute approximate surface area is 105 Å². The third kappa shape index (κ3) is 1.60. The molecule has 2 heteroatoms. The first kappa shape index (κ1) is 10.6. The molecule has 0 saturated heterocycles. The van der Waals surface area contributed by atoms with E-state index >= 15 is 0 Å². The first-order chi connectivity index (χ1) is 8.31. The van der Waals surface area contributed by atoms with E-state index in [0.717, 1.165) is 17.4 Å². The number of aldehydes is 1. The molecule has 0 saturated carbocycles. The Morgan fingerprint density at radius 1 is 1.06 bits per heavy atom. The zero-order valence-corrected chi connectivity index (χ0v) is 10.3. The van der Waals surface area contributed by atoms with Gasteiger partial charge in [0.2, 0.25) is 0 Å². The summed E-state index contributed by atoms with van der Waals surface area (Å²) in [5, 5.41) is 0. The molecule has 3 rings (SSSR count). The Balaban J connectivity index is 2.25. The van der Waals surface area contributed by atoms with Crippen LogP contribution in [0.4, 0.5) is 0 Å². The highest BCUT2D eigenvalue weighted by Crippen LogP contribution is 2.46. The molecule has 0 N–H and O–H groups in total. The average molecular weight is 240 g/mol. The van der Waals surface area contributed by atoms with E-state index < -0.39 is 0 Å². The van der Waals surface area contributed by atoms with Gasteiger partial charge < -0.3 is 4.79 Å². The Bertz CT molecular complexity index is 589. The molecule has 1 aliphatic rings. The summed E-state index contributed by atoms with van der Waals surface area (Å²) in [5.74, 6) is -0.109. The van der Waals surface area contributed by atoms with E-state index in [9.17, 15) is 4.79 Å². The van der Waals surface area contributed by atoms with Crippen molar-refractivity contribution in [2.45, 2.75) is 22.6 Å². The van der Waals surface area contributed by atoms with Gasteiger partial charge in [-0.1, -0.05) is 48.2 Å². The maximum Gasteiger partial charge on any atom is 0.131 e. The van der Waals surface area contributed by atoms with Crippen molar-refractivity contribution in [3.8, 4) is 0 Å². The zero-order valence-electron chi connectivity index (χ0n) is 9.51. The summed E-state index contributed by atoms with van der Waals surface area (Å²) in [4.78, 5) is 13.8. The molecule has 1 heterocycles. The van der Waals surface area contributed by atoms with E-state index in [1.165, 1.54) is 15.4 Å². The lowest BCUT2D eigenvalue weighted by atomic mass is 9.91. The molecule has 1 atom stereocenters. The molecule has 2 aromatic rings. The van der Waals surface area contributed by atoms with Gasteiger partial charge in [0.1, 0.15) is 6.29 Å². The summed E-state index contributed by atoms with van der Waals surface area (Å²) in [7, 11) is 0. The lowest BCUT2D eigenvalue weighted by Crippen LogP contribution is -2.10. The molecule has 1 unspecified atom stereocenters. The fourth-order valence-corrected chi connectivity index (χ4v) is 3.54. The minimum absolute atomic E-state index is 0.109. The number of rotatable bonds is 1. The highest BCUT2D eigenvalue weighted by molar-refractivity contribution is 7.99. The molecule has 0 amide bonds. The quantitative estimate of drug-likeness (QED) is 0.705. The second-order valence-electron chi connectivity index (χ2n) is 4.25. The van der Waals surface area contributed by atoms with Crippen LogP contribution in [-0.2, 0) is 4.79 Å². The predicted molar refractivity (Wildman–Crippen MR) is 69.7 cm³/mol. The Kier molecular flexibility index (Phi) is 2.52. The normalized spacial score (nSPS) is 17.1. The van der Waals surface area contributed by atoms with Crippen molar-refractivity contribution >= 4 is 18.0 Å². The zero-order chi connectivity index (χ0) is 11.8. The minimum atomic E-state index is -0.109. The van der Waals surface area contributed by atoms with Crippen molar-refractivity contribution in [2.75, 3.05) is 0 Å². The minimum Gasteiger partial charge on any atom is -0.302 e. The van der Waals surface area contributed by atoms with Gasteiger partial charge in [0.15, 0.2) is 0 Å². The summed E-state index contributed by atoms with van der Waals surface area (Å²) < 4.78 is 0. The van der Waals surface area contributed by atoms with Gasteiger partial charge >= 0.3 is 0 Å². The Hall–Kier alpha value is -1.54. The van der Waals surface area contributed by atoms with E-state index in [0.29, 0.717) is 0 Å². The molecule has 0 bridgehead atoms. The van der Waals surface area contributed by atoms with Crippen molar-refractivity contribution in [2.24, 2.45) is 0 Å². The first-order valence-electron chi connectivity index (χ1n) is 5.63. The smallest absolute Gasteiger partial charge is 0.131 e. The van der Waals surface area contributed by atoms with Crippen LogP contribution in [0.15, 0.2) is 52.3 Å². The lowest BCUT2D eigenvalue weighted by molar-refractivity contribution is -0.108. The Morgan fingerprint density at radius 3 is 2.65 bits per heavy atom. The van der Waals surface area contributed by atoms with Crippen LogP contribution in [0.5, 0.6) is 0 Å². The summed E-state index contributed by atoms with van der Waals surface area (Å²) in [6.07, 6.45) is 1.05. The van der Waals surface area contributed by atoms with E-state index in [2.05, 4.69) is 25.1 Å². The summed E-state index contributed by atoms with van der Waals surface area (Å²) >= 11 is 1.77. The topological polar surface area (TPSA) is 17.1 Å². The van der Waals surface area contributed by atoms with E-state index in [1.54, 1.807) is 11.8 Å². The predicted octanol–water partition coefficient (Wildman–Crippen LogP) is 3.79. The molecule has 0 aliphatic carbocycles. The van der Waals surface area contributed by atoms with Crippen LogP contribution in [-0.4, -0.2) is 6.29 Å². The van der Waals surface area contributed by atoms with Crippen LogP contribution >= 0.6 is 11.8 Å². The van der Waals surface area contributed by atoms with Gasteiger partial charge in [0.25, 0.3) is 0 Å². The molecular weight excluding hydrogens is 228 g/mol. The molecule has 0 spiro atoms. The molecule has 84 valence electrons. The molecule has 2 aromatic carbocycles. The van der Waals surface area contributed by atoms with Crippen molar-refractivity contribution in [1.82, 2.24) is 0 Å². The second-order valence-corrected chi connectivity index (χ2v) is 5.30. The van der Waals surface area contributed by atoms with Crippen LogP contribution < -0.4 is 0 Å². The van der Waals surface area contributed by atoms with Gasteiger partial charge in [-0.15, -0.1) is 0 Å². The SMILES string of the molecule is Cc1cccc2c1Sc1ccccc1C2C=O. The molecule has 0 aromatic heterocycles.